The number of carbonyl (C=O) groups excluding carboxylic acids is 1. The minimum Gasteiger partial charge on any atom is -0.497 e. The van der Waals surface area contributed by atoms with Crippen molar-refractivity contribution in [3.8, 4) is 17.2 Å². The first kappa shape index (κ1) is 18.3. The van der Waals surface area contributed by atoms with Gasteiger partial charge in [-0.15, -0.1) is 0 Å². The van der Waals surface area contributed by atoms with Crippen molar-refractivity contribution in [2.75, 3.05) is 21.3 Å². The van der Waals surface area contributed by atoms with E-state index in [1.54, 1.807) is 32.4 Å². The molecule has 0 aliphatic heterocycles. The molecule has 0 aliphatic carbocycles. The largest absolute Gasteiger partial charge is 0.497 e. The highest BCUT2D eigenvalue weighted by atomic mass is 19.1. The number of hydrogen-bond donors (Lipinski definition) is 1. The number of nitrogens with one attached hydrogen (secondary N) is 1. The highest BCUT2D eigenvalue weighted by Crippen LogP contribution is 2.24. The maximum Gasteiger partial charge on any atom is 0.244 e. The fourth-order valence-corrected chi connectivity index (χ4v) is 2.20. The van der Waals surface area contributed by atoms with Crippen molar-refractivity contribution in [3.05, 3.63) is 59.4 Å². The molecule has 0 aliphatic rings. The molecule has 2 aromatic rings. The van der Waals surface area contributed by atoms with Crippen LogP contribution >= 0.6 is 0 Å². The fraction of sp³-hybridized carbons (Fsp3) is 0.211. The van der Waals surface area contributed by atoms with Crippen LogP contribution in [0, 0.1) is 5.82 Å². The van der Waals surface area contributed by atoms with Crippen molar-refractivity contribution >= 4 is 12.0 Å². The molecular weight excluding hydrogens is 325 g/mol. The summed E-state index contributed by atoms with van der Waals surface area (Å²) >= 11 is 0. The molecule has 2 aromatic carbocycles. The lowest BCUT2D eigenvalue weighted by Crippen LogP contribution is -2.20. The van der Waals surface area contributed by atoms with Crippen LogP contribution in [-0.4, -0.2) is 27.2 Å². The average Bonchev–Trinajstić information content (AvgIpc) is 2.64. The van der Waals surface area contributed by atoms with Gasteiger partial charge in [0.25, 0.3) is 0 Å². The first-order chi connectivity index (χ1) is 12.1. The highest BCUT2D eigenvalue weighted by molar-refractivity contribution is 5.91. The normalized spacial score (nSPS) is 10.6. The van der Waals surface area contributed by atoms with E-state index in [0.717, 1.165) is 5.56 Å². The van der Waals surface area contributed by atoms with Crippen molar-refractivity contribution in [2.45, 2.75) is 6.54 Å². The summed E-state index contributed by atoms with van der Waals surface area (Å²) in [6.07, 6.45) is 2.88. The molecule has 2 rings (SSSR count). The van der Waals surface area contributed by atoms with Gasteiger partial charge in [-0.25, -0.2) is 4.39 Å². The predicted molar refractivity (Wildman–Crippen MR) is 93.4 cm³/mol. The average molecular weight is 345 g/mol. The summed E-state index contributed by atoms with van der Waals surface area (Å²) in [5.41, 5.74) is 1.39. The van der Waals surface area contributed by atoms with Crippen molar-refractivity contribution in [1.29, 1.82) is 0 Å². The molecule has 1 amide bonds. The molecule has 0 fully saturated rings. The van der Waals surface area contributed by atoms with E-state index in [1.807, 2.05) is 6.07 Å². The van der Waals surface area contributed by atoms with Gasteiger partial charge in [0.1, 0.15) is 11.5 Å². The molecule has 0 saturated heterocycles. The Balaban J connectivity index is 1.97. The van der Waals surface area contributed by atoms with Crippen molar-refractivity contribution < 1.29 is 23.4 Å². The predicted octanol–water partition coefficient (Wildman–Crippen LogP) is 3.18. The first-order valence-electron chi connectivity index (χ1n) is 7.57. The summed E-state index contributed by atoms with van der Waals surface area (Å²) in [5.74, 6) is 0.685. The summed E-state index contributed by atoms with van der Waals surface area (Å²) in [7, 11) is 4.52. The van der Waals surface area contributed by atoms with E-state index < -0.39 is 5.82 Å². The van der Waals surface area contributed by atoms with E-state index in [-0.39, 0.29) is 11.7 Å². The Kier molecular flexibility index (Phi) is 6.39. The van der Waals surface area contributed by atoms with Gasteiger partial charge in [-0.05, 0) is 35.9 Å². The second-order valence-corrected chi connectivity index (χ2v) is 5.12. The molecular formula is C19H20FNO4. The quantitative estimate of drug-likeness (QED) is 0.783. The van der Waals surface area contributed by atoms with Gasteiger partial charge < -0.3 is 19.5 Å². The molecule has 0 aromatic heterocycles. The molecule has 0 bridgehead atoms. The van der Waals surface area contributed by atoms with Gasteiger partial charge in [0, 0.05) is 24.3 Å². The molecule has 0 spiro atoms. The molecule has 0 saturated carbocycles. The number of benzene rings is 2. The van der Waals surface area contributed by atoms with Gasteiger partial charge in [0.05, 0.1) is 21.3 Å². The van der Waals surface area contributed by atoms with Crippen molar-refractivity contribution in [3.63, 3.8) is 0 Å². The Labute approximate surface area is 146 Å². The van der Waals surface area contributed by atoms with Crippen LogP contribution in [0.1, 0.15) is 11.1 Å². The van der Waals surface area contributed by atoms with Crippen LogP contribution < -0.4 is 19.5 Å². The zero-order chi connectivity index (χ0) is 18.2. The molecule has 1 N–H and O–H groups in total. The Bertz CT molecular complexity index is 774. The van der Waals surface area contributed by atoms with E-state index in [9.17, 15) is 9.18 Å². The van der Waals surface area contributed by atoms with Gasteiger partial charge in [-0.2, -0.15) is 0 Å². The highest BCUT2D eigenvalue weighted by Gasteiger charge is 2.06. The zero-order valence-corrected chi connectivity index (χ0v) is 14.3. The van der Waals surface area contributed by atoms with Crippen LogP contribution in [0.3, 0.4) is 0 Å². The molecule has 0 atom stereocenters. The molecule has 0 unspecified atom stereocenters. The maximum atomic E-state index is 13.6. The molecule has 25 heavy (non-hydrogen) atoms. The molecule has 5 nitrogen and oxygen atoms in total. The topological polar surface area (TPSA) is 56.8 Å². The van der Waals surface area contributed by atoms with Crippen molar-refractivity contribution in [1.82, 2.24) is 5.32 Å². The van der Waals surface area contributed by atoms with Gasteiger partial charge in [-0.3, -0.25) is 4.79 Å². The summed E-state index contributed by atoms with van der Waals surface area (Å²) in [6, 6.07) is 9.83. The number of halogens is 1. The monoisotopic (exact) mass is 345 g/mol. The van der Waals surface area contributed by atoms with E-state index in [2.05, 4.69) is 5.32 Å². The van der Waals surface area contributed by atoms with Gasteiger partial charge >= 0.3 is 0 Å². The first-order valence-corrected chi connectivity index (χ1v) is 7.57. The van der Waals surface area contributed by atoms with Gasteiger partial charge in [0.2, 0.25) is 5.91 Å². The Morgan fingerprint density at radius 2 is 1.80 bits per heavy atom. The lowest BCUT2D eigenvalue weighted by molar-refractivity contribution is -0.116. The van der Waals surface area contributed by atoms with E-state index in [0.29, 0.717) is 23.6 Å². The Hall–Kier alpha value is -3.02. The lowest BCUT2D eigenvalue weighted by Gasteiger charge is -2.10. The van der Waals surface area contributed by atoms with Crippen LogP contribution in [0.25, 0.3) is 6.08 Å². The Morgan fingerprint density at radius 3 is 2.44 bits per heavy atom. The number of ether oxygens (including phenoxy) is 3. The number of carbonyl (C=O) groups is 1. The van der Waals surface area contributed by atoms with Crippen LogP contribution in [0.2, 0.25) is 0 Å². The minimum atomic E-state index is -0.479. The van der Waals surface area contributed by atoms with Crippen LogP contribution in [0.4, 0.5) is 4.39 Å². The van der Waals surface area contributed by atoms with Gasteiger partial charge in [-0.1, -0.05) is 6.07 Å². The van der Waals surface area contributed by atoms with Crippen LogP contribution in [0.15, 0.2) is 42.5 Å². The van der Waals surface area contributed by atoms with Crippen LogP contribution in [-0.2, 0) is 11.3 Å². The fourth-order valence-electron chi connectivity index (χ4n) is 2.20. The van der Waals surface area contributed by atoms with Crippen molar-refractivity contribution in [2.24, 2.45) is 0 Å². The third-order valence-corrected chi connectivity index (χ3v) is 3.55. The second-order valence-electron chi connectivity index (χ2n) is 5.12. The lowest BCUT2D eigenvalue weighted by atomic mass is 10.1. The number of methoxy groups -OCH3 is 3. The zero-order valence-electron chi connectivity index (χ0n) is 14.3. The number of rotatable bonds is 7. The standard InChI is InChI=1S/C19H20FNO4/c1-23-15-7-6-14(18(11-15)25-3)12-21-19(22)9-5-13-4-8-17(24-2)16(20)10-13/h4-11H,12H2,1-3H3,(H,21,22)/b9-5+. The minimum absolute atomic E-state index is 0.160. The third kappa shape index (κ3) is 4.97. The summed E-state index contributed by atoms with van der Waals surface area (Å²) in [5, 5.41) is 2.75. The number of amides is 1. The van der Waals surface area contributed by atoms with E-state index >= 15 is 0 Å². The van der Waals surface area contributed by atoms with Gasteiger partial charge in [0.15, 0.2) is 11.6 Å². The molecule has 0 radical (unpaired) electrons. The van der Waals surface area contributed by atoms with E-state index in [1.165, 1.54) is 31.4 Å². The van der Waals surface area contributed by atoms with E-state index in [4.69, 9.17) is 14.2 Å². The smallest absolute Gasteiger partial charge is 0.244 e. The third-order valence-electron chi connectivity index (χ3n) is 3.55. The summed E-state index contributed by atoms with van der Waals surface area (Å²) in [4.78, 5) is 11.9. The number of hydrogen-bond acceptors (Lipinski definition) is 4. The molecule has 132 valence electrons. The summed E-state index contributed by atoms with van der Waals surface area (Å²) < 4.78 is 28.9. The second kappa shape index (κ2) is 8.73. The molecule has 0 heterocycles. The Morgan fingerprint density at radius 1 is 1.04 bits per heavy atom. The molecule has 6 heteroatoms. The SMILES string of the molecule is COc1ccc(CNC(=O)/C=C/c2ccc(OC)c(F)c2)c(OC)c1. The maximum absolute atomic E-state index is 13.6. The van der Waals surface area contributed by atoms with Crippen LogP contribution in [0.5, 0.6) is 17.2 Å². The summed E-state index contributed by atoms with van der Waals surface area (Å²) in [6.45, 7) is 0.299.